The molecule has 36 heavy (non-hydrogen) atoms. The van der Waals surface area contributed by atoms with E-state index in [1.807, 2.05) is 42.5 Å². The van der Waals surface area contributed by atoms with Crippen molar-refractivity contribution in [2.75, 3.05) is 26.1 Å². The van der Waals surface area contributed by atoms with E-state index in [0.717, 1.165) is 23.3 Å². The molecule has 0 fully saturated rings. The zero-order chi connectivity index (χ0) is 25.5. The van der Waals surface area contributed by atoms with Crippen molar-refractivity contribution in [2.45, 2.75) is 26.2 Å². The molecule has 186 valence electrons. The molecule has 9 nitrogen and oxygen atoms in total. The standard InChI is InChI=1S/C27H29N5O4/c1-4-19-16-25(33)32(31-26(19)20-7-10-23(35-2)24(15-20)36-3)14-11-18-5-8-21(9-6-18)30-27(34)22-17-28-12-13-29-22/h5-10,12-13,15,17,19H,4,11,14,16H2,1-3H3,(H,30,34). The van der Waals surface area contributed by atoms with Crippen LogP contribution in [0.1, 0.15) is 41.4 Å². The lowest BCUT2D eigenvalue weighted by Crippen LogP contribution is -2.38. The maximum absolute atomic E-state index is 12.8. The zero-order valence-electron chi connectivity index (χ0n) is 20.6. The fourth-order valence-electron chi connectivity index (χ4n) is 4.08. The Balaban J connectivity index is 1.45. The Morgan fingerprint density at radius 2 is 1.86 bits per heavy atom. The molecule has 1 atom stereocenters. The number of nitrogens with one attached hydrogen (secondary N) is 1. The van der Waals surface area contributed by atoms with Crippen LogP contribution in [-0.2, 0) is 11.2 Å². The maximum atomic E-state index is 12.8. The number of anilines is 1. The third-order valence-electron chi connectivity index (χ3n) is 6.12. The number of aromatic nitrogens is 2. The monoisotopic (exact) mass is 487 g/mol. The fraction of sp³-hybridized carbons (Fsp3) is 0.296. The number of benzene rings is 2. The van der Waals surface area contributed by atoms with Gasteiger partial charge in [0.05, 0.1) is 26.1 Å². The lowest BCUT2D eigenvalue weighted by atomic mass is 9.89. The molecular formula is C27H29N5O4. The minimum atomic E-state index is -0.322. The van der Waals surface area contributed by atoms with Crippen molar-refractivity contribution < 1.29 is 19.1 Å². The Kier molecular flexibility index (Phi) is 7.89. The predicted octanol–water partition coefficient (Wildman–Crippen LogP) is 3.95. The largest absolute Gasteiger partial charge is 0.493 e. The highest BCUT2D eigenvalue weighted by Crippen LogP contribution is 2.31. The fourth-order valence-corrected chi connectivity index (χ4v) is 4.08. The van der Waals surface area contributed by atoms with Crippen molar-refractivity contribution in [3.8, 4) is 11.5 Å². The van der Waals surface area contributed by atoms with Crippen LogP contribution in [0.4, 0.5) is 5.69 Å². The van der Waals surface area contributed by atoms with Crippen molar-refractivity contribution >= 4 is 23.2 Å². The molecule has 2 heterocycles. The Bertz CT molecular complexity index is 1240. The average Bonchev–Trinajstić information content (AvgIpc) is 2.93. The lowest BCUT2D eigenvalue weighted by Gasteiger charge is -2.29. The van der Waals surface area contributed by atoms with Gasteiger partial charge < -0.3 is 14.8 Å². The Labute approximate surface area is 210 Å². The van der Waals surface area contributed by atoms with Gasteiger partial charge in [-0.15, -0.1) is 0 Å². The summed E-state index contributed by atoms with van der Waals surface area (Å²) in [5, 5.41) is 9.12. The molecule has 9 heteroatoms. The molecule has 1 N–H and O–H groups in total. The summed E-state index contributed by atoms with van der Waals surface area (Å²) in [6, 6.07) is 13.2. The van der Waals surface area contributed by atoms with Crippen LogP contribution in [0, 0.1) is 5.92 Å². The topological polar surface area (TPSA) is 106 Å². The van der Waals surface area contributed by atoms with Crippen LogP contribution in [-0.4, -0.2) is 53.3 Å². The van der Waals surface area contributed by atoms with Gasteiger partial charge in [0.2, 0.25) is 5.91 Å². The van der Waals surface area contributed by atoms with Gasteiger partial charge in [0.25, 0.3) is 5.91 Å². The van der Waals surface area contributed by atoms with Gasteiger partial charge >= 0.3 is 0 Å². The normalized spacial score (nSPS) is 15.3. The molecule has 0 saturated heterocycles. The summed E-state index contributed by atoms with van der Waals surface area (Å²) in [6.45, 7) is 2.52. The zero-order valence-corrected chi connectivity index (χ0v) is 20.6. The predicted molar refractivity (Wildman–Crippen MR) is 136 cm³/mol. The van der Waals surface area contributed by atoms with Gasteiger partial charge in [-0.2, -0.15) is 5.10 Å². The van der Waals surface area contributed by atoms with E-state index in [9.17, 15) is 9.59 Å². The Morgan fingerprint density at radius 1 is 1.08 bits per heavy atom. The molecular weight excluding hydrogens is 458 g/mol. The third-order valence-corrected chi connectivity index (χ3v) is 6.12. The summed E-state index contributed by atoms with van der Waals surface area (Å²) < 4.78 is 10.8. The first kappa shape index (κ1) is 24.8. The molecule has 1 aromatic heterocycles. The molecule has 0 spiro atoms. The number of carbonyl (C=O) groups excluding carboxylic acids is 2. The highest BCUT2D eigenvalue weighted by molar-refractivity contribution is 6.06. The molecule has 2 amide bonds. The molecule has 0 aliphatic carbocycles. The summed E-state index contributed by atoms with van der Waals surface area (Å²) >= 11 is 0. The van der Waals surface area contributed by atoms with Gasteiger partial charge in [-0.3, -0.25) is 14.6 Å². The number of carbonyl (C=O) groups is 2. The van der Waals surface area contributed by atoms with Gasteiger partial charge in [-0.1, -0.05) is 19.1 Å². The van der Waals surface area contributed by atoms with Crippen molar-refractivity contribution in [1.82, 2.24) is 15.0 Å². The molecule has 2 aromatic carbocycles. The lowest BCUT2D eigenvalue weighted by molar-refractivity contribution is -0.132. The van der Waals surface area contributed by atoms with Crippen LogP contribution in [0.25, 0.3) is 0 Å². The van der Waals surface area contributed by atoms with Crippen LogP contribution in [0.15, 0.2) is 66.2 Å². The smallest absolute Gasteiger partial charge is 0.275 e. The number of methoxy groups -OCH3 is 2. The number of ether oxygens (including phenoxy) is 2. The number of hydrogen-bond acceptors (Lipinski definition) is 7. The molecule has 3 aromatic rings. The van der Waals surface area contributed by atoms with Gasteiger partial charge in [0, 0.05) is 42.5 Å². The second kappa shape index (κ2) is 11.4. The van der Waals surface area contributed by atoms with Crippen molar-refractivity contribution in [3.05, 3.63) is 77.9 Å². The van der Waals surface area contributed by atoms with Crippen LogP contribution in [0.3, 0.4) is 0 Å². The number of hydrogen-bond donors (Lipinski definition) is 1. The van der Waals surface area contributed by atoms with Crippen LogP contribution < -0.4 is 14.8 Å². The van der Waals surface area contributed by atoms with E-state index >= 15 is 0 Å². The van der Waals surface area contributed by atoms with E-state index < -0.39 is 0 Å². The number of hydrazone groups is 1. The second-order valence-corrected chi connectivity index (χ2v) is 8.37. The van der Waals surface area contributed by atoms with Gasteiger partial charge in [0.15, 0.2) is 11.5 Å². The molecule has 1 aliphatic rings. The summed E-state index contributed by atoms with van der Waals surface area (Å²) in [5.41, 5.74) is 3.72. The molecule has 1 aliphatic heterocycles. The molecule has 1 unspecified atom stereocenters. The molecule has 4 rings (SSSR count). The number of amides is 2. The second-order valence-electron chi connectivity index (χ2n) is 8.37. The summed E-state index contributed by atoms with van der Waals surface area (Å²) in [4.78, 5) is 33.0. The van der Waals surface area contributed by atoms with Gasteiger partial charge in [-0.05, 0) is 48.7 Å². The van der Waals surface area contributed by atoms with Crippen LogP contribution in [0.2, 0.25) is 0 Å². The number of rotatable bonds is 9. The quantitative estimate of drug-likeness (QED) is 0.490. The van der Waals surface area contributed by atoms with E-state index in [4.69, 9.17) is 14.6 Å². The highest BCUT2D eigenvalue weighted by Gasteiger charge is 2.29. The van der Waals surface area contributed by atoms with E-state index in [1.54, 1.807) is 19.2 Å². The third kappa shape index (κ3) is 5.68. The first-order valence-corrected chi connectivity index (χ1v) is 11.8. The van der Waals surface area contributed by atoms with E-state index in [-0.39, 0.29) is 23.4 Å². The maximum Gasteiger partial charge on any atom is 0.275 e. The first-order valence-electron chi connectivity index (χ1n) is 11.8. The minimum Gasteiger partial charge on any atom is -0.493 e. The van der Waals surface area contributed by atoms with Gasteiger partial charge in [-0.25, -0.2) is 9.99 Å². The van der Waals surface area contributed by atoms with Crippen LogP contribution in [0.5, 0.6) is 11.5 Å². The molecule has 0 bridgehead atoms. The highest BCUT2D eigenvalue weighted by atomic mass is 16.5. The van der Waals surface area contributed by atoms with Crippen molar-refractivity contribution in [2.24, 2.45) is 11.0 Å². The van der Waals surface area contributed by atoms with Gasteiger partial charge in [0.1, 0.15) is 5.69 Å². The van der Waals surface area contributed by atoms with E-state index in [1.165, 1.54) is 18.6 Å². The summed E-state index contributed by atoms with van der Waals surface area (Å²) in [7, 11) is 3.20. The van der Waals surface area contributed by atoms with Crippen molar-refractivity contribution in [1.29, 1.82) is 0 Å². The summed E-state index contributed by atoms with van der Waals surface area (Å²) in [6.07, 6.45) is 6.26. The van der Waals surface area contributed by atoms with Crippen LogP contribution >= 0.6 is 0 Å². The molecule has 0 saturated carbocycles. The first-order chi connectivity index (χ1) is 17.5. The summed E-state index contributed by atoms with van der Waals surface area (Å²) in [5.74, 6) is 1.01. The molecule has 0 radical (unpaired) electrons. The Morgan fingerprint density at radius 3 is 2.53 bits per heavy atom. The van der Waals surface area contributed by atoms with Crippen molar-refractivity contribution in [3.63, 3.8) is 0 Å². The van der Waals surface area contributed by atoms with E-state index in [0.29, 0.717) is 36.6 Å². The van der Waals surface area contributed by atoms with E-state index in [2.05, 4.69) is 22.2 Å². The number of nitrogens with zero attached hydrogens (tertiary/aromatic N) is 4. The minimum absolute atomic E-state index is 0.0129. The SMILES string of the molecule is CCC1CC(=O)N(CCc2ccc(NC(=O)c3cnccn3)cc2)N=C1c1ccc(OC)c(OC)c1. The average molecular weight is 488 g/mol. The Hall–Kier alpha value is -4.27.